The highest BCUT2D eigenvalue weighted by Gasteiger charge is 2.15. The van der Waals surface area contributed by atoms with Crippen LogP contribution in [0, 0.1) is 12.7 Å². The average molecular weight is 344 g/mol. The highest BCUT2D eigenvalue weighted by molar-refractivity contribution is 9.10. The van der Waals surface area contributed by atoms with Crippen LogP contribution in [0.5, 0.6) is 0 Å². The summed E-state index contributed by atoms with van der Waals surface area (Å²) in [6.45, 7) is 1.87. The Labute approximate surface area is 125 Å². The van der Waals surface area contributed by atoms with E-state index in [1.807, 2.05) is 19.1 Å². The van der Waals surface area contributed by atoms with Crippen LogP contribution in [-0.2, 0) is 6.42 Å². The molecule has 0 aromatic heterocycles. The van der Waals surface area contributed by atoms with Crippen molar-refractivity contribution in [2.45, 2.75) is 19.4 Å². The molecule has 1 N–H and O–H groups in total. The molecule has 100 valence electrons. The molecule has 0 bridgehead atoms. The third kappa shape index (κ3) is 3.35. The number of aryl methyl sites for hydroxylation is 1. The molecule has 0 aliphatic heterocycles. The minimum absolute atomic E-state index is 0.189. The van der Waals surface area contributed by atoms with E-state index in [1.54, 1.807) is 18.2 Å². The zero-order valence-electron chi connectivity index (χ0n) is 10.3. The molecular weight excluding hydrogens is 331 g/mol. The van der Waals surface area contributed by atoms with Crippen LogP contribution in [0.3, 0.4) is 0 Å². The Morgan fingerprint density at radius 2 is 2.05 bits per heavy atom. The molecular formula is C15H13BrClFO. The van der Waals surface area contributed by atoms with Crippen LogP contribution in [0.1, 0.15) is 22.8 Å². The summed E-state index contributed by atoms with van der Waals surface area (Å²) in [6.07, 6.45) is -0.634. The van der Waals surface area contributed by atoms with E-state index in [0.29, 0.717) is 16.1 Å². The van der Waals surface area contributed by atoms with Gasteiger partial charge >= 0.3 is 0 Å². The topological polar surface area (TPSA) is 20.2 Å². The van der Waals surface area contributed by atoms with E-state index in [-0.39, 0.29) is 12.2 Å². The Morgan fingerprint density at radius 3 is 2.79 bits per heavy atom. The molecule has 0 spiro atoms. The van der Waals surface area contributed by atoms with Gasteiger partial charge in [-0.2, -0.15) is 0 Å². The zero-order valence-corrected chi connectivity index (χ0v) is 12.7. The Morgan fingerprint density at radius 1 is 1.32 bits per heavy atom. The number of halogens is 3. The van der Waals surface area contributed by atoms with E-state index >= 15 is 0 Å². The van der Waals surface area contributed by atoms with Gasteiger partial charge in [0.2, 0.25) is 0 Å². The molecule has 1 atom stereocenters. The zero-order chi connectivity index (χ0) is 14.0. The number of hydrogen-bond acceptors (Lipinski definition) is 1. The molecule has 4 heteroatoms. The summed E-state index contributed by atoms with van der Waals surface area (Å²) in [6, 6.07) is 10.1. The monoisotopic (exact) mass is 342 g/mol. The van der Waals surface area contributed by atoms with Gasteiger partial charge in [0.15, 0.2) is 0 Å². The molecule has 0 saturated carbocycles. The lowest BCUT2D eigenvalue weighted by Crippen LogP contribution is -2.05. The standard InChI is InChI=1S/C15H13BrClFO/c1-9-3-2-4-12(15(9)17)14(19)8-10-7-11(16)5-6-13(10)18/h2-7,14,19H,8H2,1H3. The third-order valence-corrected chi connectivity index (χ3v) is 4.01. The van der Waals surface area contributed by atoms with Crippen LogP contribution in [-0.4, -0.2) is 5.11 Å². The minimum atomic E-state index is -0.823. The Balaban J connectivity index is 2.28. The Kier molecular flexibility index (Phi) is 4.61. The van der Waals surface area contributed by atoms with Crippen molar-refractivity contribution in [3.63, 3.8) is 0 Å². The second-order valence-corrected chi connectivity index (χ2v) is 5.73. The number of aliphatic hydroxyl groups is 1. The SMILES string of the molecule is Cc1cccc(C(O)Cc2cc(Br)ccc2F)c1Cl. The fourth-order valence-corrected chi connectivity index (χ4v) is 2.61. The lowest BCUT2D eigenvalue weighted by Gasteiger charge is -2.14. The summed E-state index contributed by atoms with van der Waals surface area (Å²) in [4.78, 5) is 0. The number of benzene rings is 2. The van der Waals surface area contributed by atoms with E-state index in [1.165, 1.54) is 6.07 Å². The number of aliphatic hydroxyl groups excluding tert-OH is 1. The largest absolute Gasteiger partial charge is 0.388 e. The summed E-state index contributed by atoms with van der Waals surface area (Å²) >= 11 is 9.46. The highest BCUT2D eigenvalue weighted by atomic mass is 79.9. The molecule has 2 rings (SSSR count). The fraction of sp³-hybridized carbons (Fsp3) is 0.200. The van der Waals surface area contributed by atoms with Crippen LogP contribution in [0.25, 0.3) is 0 Å². The van der Waals surface area contributed by atoms with Crippen LogP contribution in [0.15, 0.2) is 40.9 Å². The molecule has 0 amide bonds. The van der Waals surface area contributed by atoms with Crippen molar-refractivity contribution < 1.29 is 9.50 Å². The van der Waals surface area contributed by atoms with Gasteiger partial charge in [-0.1, -0.05) is 45.7 Å². The van der Waals surface area contributed by atoms with Gasteiger partial charge in [-0.3, -0.25) is 0 Å². The second-order valence-electron chi connectivity index (χ2n) is 4.43. The molecule has 0 radical (unpaired) electrons. The molecule has 1 unspecified atom stereocenters. The summed E-state index contributed by atoms with van der Waals surface area (Å²) in [5.41, 5.74) is 1.98. The smallest absolute Gasteiger partial charge is 0.126 e. The first-order valence-corrected chi connectivity index (χ1v) is 7.03. The van der Waals surface area contributed by atoms with E-state index in [4.69, 9.17) is 11.6 Å². The maximum atomic E-state index is 13.7. The molecule has 0 heterocycles. The molecule has 0 aliphatic rings. The van der Waals surface area contributed by atoms with Gasteiger partial charge in [0.05, 0.1) is 6.10 Å². The summed E-state index contributed by atoms with van der Waals surface area (Å²) in [5, 5.41) is 10.8. The normalized spacial score (nSPS) is 12.5. The predicted octanol–water partition coefficient (Wildman–Crippen LogP) is 4.83. The van der Waals surface area contributed by atoms with Gasteiger partial charge in [0.1, 0.15) is 5.82 Å². The van der Waals surface area contributed by atoms with E-state index in [9.17, 15) is 9.50 Å². The van der Waals surface area contributed by atoms with Crippen LogP contribution < -0.4 is 0 Å². The lowest BCUT2D eigenvalue weighted by molar-refractivity contribution is 0.177. The molecule has 2 aromatic carbocycles. The first kappa shape index (κ1) is 14.5. The fourth-order valence-electron chi connectivity index (χ4n) is 1.95. The van der Waals surface area contributed by atoms with E-state index < -0.39 is 6.10 Å². The van der Waals surface area contributed by atoms with Crippen molar-refractivity contribution in [3.8, 4) is 0 Å². The van der Waals surface area contributed by atoms with Crippen LogP contribution >= 0.6 is 27.5 Å². The van der Waals surface area contributed by atoms with Gasteiger partial charge < -0.3 is 5.11 Å². The van der Waals surface area contributed by atoms with Gasteiger partial charge in [-0.25, -0.2) is 4.39 Å². The minimum Gasteiger partial charge on any atom is -0.388 e. The maximum absolute atomic E-state index is 13.7. The third-order valence-electron chi connectivity index (χ3n) is 3.00. The van der Waals surface area contributed by atoms with E-state index in [0.717, 1.165) is 10.0 Å². The second kappa shape index (κ2) is 6.04. The molecule has 0 fully saturated rings. The number of hydrogen-bond donors (Lipinski definition) is 1. The van der Waals surface area contributed by atoms with Crippen molar-refractivity contribution in [3.05, 3.63) is 68.4 Å². The van der Waals surface area contributed by atoms with Gasteiger partial charge in [-0.15, -0.1) is 0 Å². The summed E-state index contributed by atoms with van der Waals surface area (Å²) in [5.74, 6) is -0.328. The van der Waals surface area contributed by atoms with Crippen LogP contribution in [0.2, 0.25) is 5.02 Å². The van der Waals surface area contributed by atoms with Crippen molar-refractivity contribution >= 4 is 27.5 Å². The van der Waals surface area contributed by atoms with Crippen molar-refractivity contribution in [2.75, 3.05) is 0 Å². The average Bonchev–Trinajstić information content (AvgIpc) is 2.37. The molecule has 0 aliphatic carbocycles. The van der Waals surface area contributed by atoms with Crippen molar-refractivity contribution in [2.24, 2.45) is 0 Å². The molecule has 1 nitrogen and oxygen atoms in total. The summed E-state index contributed by atoms with van der Waals surface area (Å²) < 4.78 is 14.4. The predicted molar refractivity (Wildman–Crippen MR) is 79.0 cm³/mol. The first-order chi connectivity index (χ1) is 8.99. The molecule has 0 saturated heterocycles. The maximum Gasteiger partial charge on any atom is 0.126 e. The van der Waals surface area contributed by atoms with Gasteiger partial charge in [-0.05, 0) is 41.8 Å². The van der Waals surface area contributed by atoms with Crippen molar-refractivity contribution in [1.29, 1.82) is 0 Å². The number of rotatable bonds is 3. The summed E-state index contributed by atoms with van der Waals surface area (Å²) in [7, 11) is 0. The quantitative estimate of drug-likeness (QED) is 0.846. The first-order valence-electron chi connectivity index (χ1n) is 5.86. The van der Waals surface area contributed by atoms with Crippen LogP contribution in [0.4, 0.5) is 4.39 Å². The van der Waals surface area contributed by atoms with Gasteiger partial charge in [0, 0.05) is 15.9 Å². The lowest BCUT2D eigenvalue weighted by atomic mass is 9.99. The Hall–Kier alpha value is -0.900. The highest BCUT2D eigenvalue weighted by Crippen LogP contribution is 2.29. The molecule has 19 heavy (non-hydrogen) atoms. The Bertz CT molecular complexity index is 601. The van der Waals surface area contributed by atoms with Gasteiger partial charge in [0.25, 0.3) is 0 Å². The van der Waals surface area contributed by atoms with E-state index in [2.05, 4.69) is 15.9 Å². The van der Waals surface area contributed by atoms with Crippen molar-refractivity contribution in [1.82, 2.24) is 0 Å². The molecule has 2 aromatic rings.